The van der Waals surface area contributed by atoms with Crippen LogP contribution in [0.15, 0.2) is 176 Å². The van der Waals surface area contributed by atoms with E-state index in [-0.39, 0.29) is 5.41 Å². The molecule has 236 valence electrons. The quantitative estimate of drug-likeness (QED) is 0.193. The Morgan fingerprint density at radius 2 is 0.882 bits per heavy atom. The van der Waals surface area contributed by atoms with Gasteiger partial charge >= 0.3 is 0 Å². The van der Waals surface area contributed by atoms with E-state index in [9.17, 15) is 0 Å². The first kappa shape index (κ1) is 27.2. The lowest BCUT2D eigenvalue weighted by Crippen LogP contribution is -2.26. The van der Waals surface area contributed by atoms with Crippen LogP contribution < -0.4 is 0 Å². The molecule has 0 saturated heterocycles. The maximum absolute atomic E-state index is 3.58. The van der Waals surface area contributed by atoms with Crippen LogP contribution in [0.3, 0.4) is 0 Å². The predicted octanol–water partition coefficient (Wildman–Crippen LogP) is 12.4. The third-order valence-electron chi connectivity index (χ3n) is 11.8. The Labute approximate surface area is 294 Å². The highest BCUT2D eigenvalue weighted by Crippen LogP contribution is 2.63. The van der Waals surface area contributed by atoms with Gasteiger partial charge in [0.2, 0.25) is 0 Å². The van der Waals surface area contributed by atoms with Gasteiger partial charge in [0.25, 0.3) is 0 Å². The highest BCUT2D eigenvalue weighted by Gasteiger charge is 2.51. The van der Waals surface area contributed by atoms with Crippen LogP contribution in [0.2, 0.25) is 0 Å². The van der Waals surface area contributed by atoms with E-state index >= 15 is 0 Å². The molecule has 0 aliphatic heterocycles. The molecule has 0 saturated carbocycles. The monoisotopic (exact) mass is 646 g/mol. The fraction of sp³-hybridized carbons (Fsp3) is 0.0204. The highest BCUT2D eigenvalue weighted by molar-refractivity contribution is 6.12. The predicted molar refractivity (Wildman–Crippen MR) is 212 cm³/mol. The normalized spacial score (nSPS) is 13.6. The molecule has 0 bridgehead atoms. The van der Waals surface area contributed by atoms with Crippen LogP contribution in [0.25, 0.3) is 82.7 Å². The molecule has 2 aromatic heterocycles. The minimum absolute atomic E-state index is 0.373. The van der Waals surface area contributed by atoms with Crippen molar-refractivity contribution in [3.05, 3.63) is 198 Å². The molecule has 2 nitrogen and oxygen atoms in total. The number of aromatic amines is 1. The molecule has 2 heteroatoms. The van der Waals surface area contributed by atoms with E-state index in [1.165, 1.54) is 105 Å². The number of rotatable bonds is 2. The zero-order valence-corrected chi connectivity index (χ0v) is 27.7. The molecular formula is C49H30N2. The smallest absolute Gasteiger partial charge is 0.0726 e. The van der Waals surface area contributed by atoms with Gasteiger partial charge in [-0.25, -0.2) is 0 Å². The second-order valence-electron chi connectivity index (χ2n) is 14.1. The Hall–Kier alpha value is -6.64. The number of para-hydroxylation sites is 2. The van der Waals surface area contributed by atoms with Crippen molar-refractivity contribution in [2.75, 3.05) is 0 Å². The number of fused-ring (bicyclic) bond motifs is 16. The Bertz CT molecular complexity index is 3030. The van der Waals surface area contributed by atoms with E-state index in [1.54, 1.807) is 0 Å². The average Bonchev–Trinajstić information content (AvgIpc) is 3.91. The Morgan fingerprint density at radius 1 is 0.353 bits per heavy atom. The summed E-state index contributed by atoms with van der Waals surface area (Å²) in [6.07, 6.45) is 0. The molecule has 2 aliphatic carbocycles. The van der Waals surface area contributed by atoms with E-state index in [2.05, 4.69) is 185 Å². The zero-order chi connectivity index (χ0) is 33.3. The van der Waals surface area contributed by atoms with Crippen LogP contribution in [0, 0.1) is 0 Å². The SMILES string of the molecule is c1ccc2c(c1)-c1ccccc1C21c2ccccc2-c2ccc(-n3c4ccccc4c4cc(-c5ccc6[nH]c7ccccc7c6c5)ccc43)cc21. The largest absolute Gasteiger partial charge is 0.355 e. The van der Waals surface area contributed by atoms with Crippen molar-refractivity contribution in [1.82, 2.24) is 9.55 Å². The fourth-order valence-electron chi connectivity index (χ4n) is 9.68. The molecule has 0 atom stereocenters. The summed E-state index contributed by atoms with van der Waals surface area (Å²) >= 11 is 0. The first-order valence-corrected chi connectivity index (χ1v) is 17.8. The van der Waals surface area contributed by atoms with Crippen molar-refractivity contribution < 1.29 is 0 Å². The molecule has 12 rings (SSSR count). The molecule has 10 aromatic rings. The number of H-pyrrole nitrogens is 1. The van der Waals surface area contributed by atoms with E-state index in [1.807, 2.05) is 0 Å². The van der Waals surface area contributed by atoms with Gasteiger partial charge in [-0.3, -0.25) is 0 Å². The minimum Gasteiger partial charge on any atom is -0.355 e. The summed E-state index contributed by atoms with van der Waals surface area (Å²) in [6.45, 7) is 0. The molecule has 0 fully saturated rings. The van der Waals surface area contributed by atoms with Gasteiger partial charge in [-0.15, -0.1) is 0 Å². The van der Waals surface area contributed by atoms with Gasteiger partial charge in [-0.2, -0.15) is 0 Å². The summed E-state index contributed by atoms with van der Waals surface area (Å²) in [5, 5.41) is 5.04. The third kappa shape index (κ3) is 3.42. The Kier molecular flexibility index (Phi) is 5.20. The first-order valence-electron chi connectivity index (χ1n) is 17.8. The van der Waals surface area contributed by atoms with Crippen LogP contribution in [0.5, 0.6) is 0 Å². The molecule has 1 N–H and O–H groups in total. The second kappa shape index (κ2) is 9.74. The average molecular weight is 647 g/mol. The van der Waals surface area contributed by atoms with Crippen molar-refractivity contribution in [3.8, 4) is 39.1 Å². The van der Waals surface area contributed by atoms with E-state index in [0.717, 1.165) is 0 Å². The topological polar surface area (TPSA) is 20.7 Å². The van der Waals surface area contributed by atoms with Crippen LogP contribution in [-0.2, 0) is 5.41 Å². The van der Waals surface area contributed by atoms with Gasteiger partial charge in [0.1, 0.15) is 0 Å². The van der Waals surface area contributed by atoms with Crippen molar-refractivity contribution in [3.63, 3.8) is 0 Å². The zero-order valence-electron chi connectivity index (χ0n) is 27.7. The van der Waals surface area contributed by atoms with Crippen LogP contribution in [0.1, 0.15) is 22.3 Å². The molecule has 8 aromatic carbocycles. The number of hydrogen-bond acceptors (Lipinski definition) is 0. The van der Waals surface area contributed by atoms with Crippen LogP contribution in [0.4, 0.5) is 0 Å². The fourth-order valence-corrected chi connectivity index (χ4v) is 9.68. The van der Waals surface area contributed by atoms with E-state index in [4.69, 9.17) is 0 Å². The summed E-state index contributed by atoms with van der Waals surface area (Å²) in [7, 11) is 0. The van der Waals surface area contributed by atoms with Crippen molar-refractivity contribution >= 4 is 43.6 Å². The van der Waals surface area contributed by atoms with Crippen molar-refractivity contribution in [2.24, 2.45) is 0 Å². The number of nitrogens with one attached hydrogen (secondary N) is 1. The molecule has 0 radical (unpaired) electrons. The van der Waals surface area contributed by atoms with Crippen molar-refractivity contribution in [1.29, 1.82) is 0 Å². The number of benzene rings is 8. The maximum atomic E-state index is 3.58. The van der Waals surface area contributed by atoms with Gasteiger partial charge in [-0.1, -0.05) is 127 Å². The summed E-state index contributed by atoms with van der Waals surface area (Å²) in [5.74, 6) is 0. The molecule has 2 aliphatic rings. The summed E-state index contributed by atoms with van der Waals surface area (Å²) in [4.78, 5) is 3.58. The number of hydrogen-bond donors (Lipinski definition) is 1. The number of aromatic nitrogens is 2. The molecule has 2 heterocycles. The first-order chi connectivity index (χ1) is 25.3. The lowest BCUT2D eigenvalue weighted by Gasteiger charge is -2.30. The summed E-state index contributed by atoms with van der Waals surface area (Å²) < 4.78 is 2.47. The Balaban J connectivity index is 1.10. The number of nitrogens with zero attached hydrogens (tertiary/aromatic N) is 1. The second-order valence-corrected chi connectivity index (χ2v) is 14.1. The molecule has 0 unspecified atom stereocenters. The summed E-state index contributed by atoms with van der Waals surface area (Å²) in [6, 6.07) is 65.5. The van der Waals surface area contributed by atoms with Gasteiger partial charge in [0.15, 0.2) is 0 Å². The molecule has 0 amide bonds. The minimum atomic E-state index is -0.373. The molecule has 51 heavy (non-hydrogen) atoms. The third-order valence-corrected chi connectivity index (χ3v) is 11.8. The van der Waals surface area contributed by atoms with Crippen LogP contribution in [-0.4, -0.2) is 9.55 Å². The maximum Gasteiger partial charge on any atom is 0.0726 e. The summed E-state index contributed by atoms with van der Waals surface area (Å²) in [5.41, 5.74) is 18.8. The van der Waals surface area contributed by atoms with Gasteiger partial charge < -0.3 is 9.55 Å². The highest BCUT2D eigenvalue weighted by atomic mass is 15.0. The van der Waals surface area contributed by atoms with Crippen molar-refractivity contribution in [2.45, 2.75) is 5.41 Å². The van der Waals surface area contributed by atoms with E-state index < -0.39 is 0 Å². The van der Waals surface area contributed by atoms with Gasteiger partial charge in [0, 0.05) is 38.3 Å². The molecule has 1 spiro atoms. The van der Waals surface area contributed by atoms with Gasteiger partial charge in [-0.05, 0) is 104 Å². The van der Waals surface area contributed by atoms with Gasteiger partial charge in [0.05, 0.1) is 16.4 Å². The lowest BCUT2D eigenvalue weighted by atomic mass is 9.70. The lowest BCUT2D eigenvalue weighted by molar-refractivity contribution is 0.792. The van der Waals surface area contributed by atoms with Crippen LogP contribution >= 0.6 is 0 Å². The Morgan fingerprint density at radius 3 is 1.61 bits per heavy atom. The molecular weight excluding hydrogens is 617 g/mol. The standard InChI is InChI=1S/C49H30N2/c1-6-16-41-33(11-1)34-12-2-7-17-42(34)49(41)43-18-8-3-13-35(43)36-24-23-32(29-44(36)49)51-47-20-10-5-15-38(47)40-28-31(22-26-48(40)51)30-21-25-46-39(27-30)37-14-4-9-19-45(37)50-46/h1-29,50H. The van der Waals surface area contributed by atoms with E-state index in [0.29, 0.717) is 0 Å².